The summed E-state index contributed by atoms with van der Waals surface area (Å²) in [5.74, 6) is 3.13. The molecule has 5 aromatic rings. The number of halogens is 1. The van der Waals surface area contributed by atoms with Gasteiger partial charge in [-0.25, -0.2) is 0 Å². The molecule has 0 radical (unpaired) electrons. The fraction of sp³-hybridized carbons (Fsp3) is 0.489. The molecular weight excluding hydrogens is 850 g/mol. The third-order valence-corrected chi connectivity index (χ3v) is 14.8. The van der Waals surface area contributed by atoms with E-state index in [-0.39, 0.29) is 54.3 Å². The highest BCUT2D eigenvalue weighted by atomic mass is 35.5. The zero-order chi connectivity index (χ0) is 44.5. The molecule has 1 unspecified atom stereocenters. The molecule has 9 rings (SSSR count). The van der Waals surface area contributed by atoms with Gasteiger partial charge in [-0.15, -0.1) is 31.7 Å². The molecule has 2 saturated heterocycles. The van der Waals surface area contributed by atoms with E-state index < -0.39 is 0 Å². The molecule has 0 bridgehead atoms. The van der Waals surface area contributed by atoms with Gasteiger partial charge in [0.05, 0.1) is 28.9 Å². The summed E-state index contributed by atoms with van der Waals surface area (Å²) in [4.78, 5) is 32.1. The van der Waals surface area contributed by atoms with E-state index in [9.17, 15) is 9.59 Å². The van der Waals surface area contributed by atoms with Crippen molar-refractivity contribution in [3.8, 4) is 16.6 Å². The second-order valence-electron chi connectivity index (χ2n) is 17.7. The Morgan fingerprint density at radius 2 is 1.67 bits per heavy atom. The molecule has 3 aliphatic heterocycles. The van der Waals surface area contributed by atoms with Crippen molar-refractivity contribution in [2.75, 3.05) is 49.9 Å². The van der Waals surface area contributed by atoms with Gasteiger partial charge in [-0.2, -0.15) is 0 Å². The van der Waals surface area contributed by atoms with Gasteiger partial charge in [-0.3, -0.25) is 24.4 Å². The molecule has 3 aromatic heterocycles. The number of nitrogen functional groups attached to an aromatic ring is 1. The van der Waals surface area contributed by atoms with Crippen molar-refractivity contribution in [2.24, 2.45) is 5.92 Å². The maximum Gasteiger partial charge on any atom is 0.272 e. The van der Waals surface area contributed by atoms with Crippen LogP contribution in [0, 0.1) is 26.7 Å². The minimum absolute atomic E-state index is 0.00895. The lowest BCUT2D eigenvalue weighted by molar-refractivity contribution is -0.121. The Balaban J connectivity index is 0.718. The molecule has 2 aromatic carbocycles. The average Bonchev–Trinajstić information content (AvgIpc) is 3.76. The number of benzene rings is 2. The van der Waals surface area contributed by atoms with Crippen LogP contribution in [0.3, 0.4) is 0 Å². The van der Waals surface area contributed by atoms with Crippen LogP contribution in [0.15, 0.2) is 54.6 Å². The second-order valence-corrected chi connectivity index (χ2v) is 19.3. The van der Waals surface area contributed by atoms with Crippen molar-refractivity contribution in [1.29, 1.82) is 0 Å². The van der Waals surface area contributed by atoms with Crippen LogP contribution in [0.5, 0.6) is 11.6 Å². The number of carbonyl (C=O) groups excluding carboxylic acids is 2. The van der Waals surface area contributed by atoms with E-state index in [0.717, 1.165) is 87.9 Å². The van der Waals surface area contributed by atoms with Gasteiger partial charge in [0, 0.05) is 80.0 Å². The molecule has 64 heavy (non-hydrogen) atoms. The number of rotatable bonds is 13. The van der Waals surface area contributed by atoms with Crippen LogP contribution in [0.25, 0.3) is 5.00 Å². The molecule has 17 heteroatoms. The fourth-order valence-corrected chi connectivity index (χ4v) is 11.0. The Morgan fingerprint density at radius 1 is 0.906 bits per heavy atom. The minimum Gasteiger partial charge on any atom is -0.490 e. The van der Waals surface area contributed by atoms with Gasteiger partial charge in [-0.05, 0) is 114 Å². The summed E-state index contributed by atoms with van der Waals surface area (Å²) in [7, 11) is 0. The zero-order valence-corrected chi connectivity index (χ0v) is 38.6. The third kappa shape index (κ3) is 9.56. The molecule has 338 valence electrons. The van der Waals surface area contributed by atoms with Crippen molar-refractivity contribution in [3.63, 3.8) is 0 Å². The normalized spacial score (nSPS) is 21.6. The molecule has 4 aliphatic rings. The number of hydrogen-bond donors (Lipinski definition) is 4. The van der Waals surface area contributed by atoms with Gasteiger partial charge in [0.1, 0.15) is 22.7 Å². The highest BCUT2D eigenvalue weighted by molar-refractivity contribution is 7.14. The average molecular weight is 909 g/mol. The number of nitrogens with one attached hydrogen (secondary N) is 3. The number of aromatic nitrogens is 5. The minimum atomic E-state index is -0.295. The smallest absolute Gasteiger partial charge is 0.272 e. The van der Waals surface area contributed by atoms with E-state index in [1.807, 2.05) is 19.9 Å². The molecule has 1 saturated carbocycles. The molecule has 2 amide bonds. The predicted molar refractivity (Wildman–Crippen MR) is 249 cm³/mol. The number of hydrogen-bond acceptors (Lipinski definition) is 13. The summed E-state index contributed by atoms with van der Waals surface area (Å²) in [6.07, 6.45) is 5.94. The van der Waals surface area contributed by atoms with Crippen LogP contribution in [0.1, 0.15) is 108 Å². The number of ether oxygens (including phenoxy) is 2. The maximum atomic E-state index is 13.0. The largest absolute Gasteiger partial charge is 0.490 e. The predicted octanol–water partition coefficient (Wildman–Crippen LogP) is 6.64. The Hall–Kier alpha value is -5.29. The lowest BCUT2D eigenvalue weighted by Gasteiger charge is -2.42. The molecule has 0 spiro atoms. The Labute approximate surface area is 383 Å². The molecule has 5 N–H and O–H groups in total. The molecule has 6 heterocycles. The van der Waals surface area contributed by atoms with Crippen molar-refractivity contribution >= 4 is 46.1 Å². The number of nitrogens with two attached hydrogens (primary N) is 1. The zero-order valence-electron chi connectivity index (χ0n) is 37.0. The number of nitrogens with zero attached hydrogens (tertiary/aromatic N) is 7. The number of piperidine rings is 1. The van der Waals surface area contributed by atoms with Gasteiger partial charge < -0.3 is 30.7 Å². The first-order valence-corrected chi connectivity index (χ1v) is 23.8. The van der Waals surface area contributed by atoms with Gasteiger partial charge in [0.15, 0.2) is 11.5 Å². The van der Waals surface area contributed by atoms with Crippen LogP contribution in [-0.2, 0) is 4.79 Å². The quantitative estimate of drug-likeness (QED) is 0.0929. The van der Waals surface area contributed by atoms with Gasteiger partial charge in [0.25, 0.3) is 5.91 Å². The standard InChI is InChI=1S/C47H58ClN11O4S/c1-5-50-41(60)23-40-45-56-53-29(4)59(45)47-43(27(2)28(3)64-47)44(52-40)31-6-10-33(11-7-31)58-20-18-30(19-21-58)24-57-25-36(26-57)63-42-17-16-39(54-55-42)46(61)51-32-8-12-34(13-9-32)62-35-14-15-38(49)37(48)22-35/h6-7,10-11,14-17,22,30,32,34,36,40,44,52H,5,8-9,12-13,18-21,23-26,49H2,1-4H3,(H,50,60)(H,51,61)/t32?,34?,40-,44?/m0/s1. The van der Waals surface area contributed by atoms with Crippen LogP contribution in [0.4, 0.5) is 11.4 Å². The summed E-state index contributed by atoms with van der Waals surface area (Å²) >= 11 is 7.90. The first-order valence-electron chi connectivity index (χ1n) is 22.6. The SMILES string of the molecule is CCNC(=O)C[C@@H]1NC(c2ccc(N3CCC(CN4CC(Oc5ccc(C(=O)NC6CCC(Oc7ccc(N)c(Cl)c7)CC6)nn5)C4)CC3)cc2)c2c(sc(C)c2C)-n2c(C)nnc21. The molecule has 2 atom stereocenters. The van der Waals surface area contributed by atoms with E-state index in [2.05, 4.69) is 88.8 Å². The Kier molecular flexibility index (Phi) is 13.1. The first kappa shape index (κ1) is 43.9. The number of carbonyl (C=O) groups is 2. The van der Waals surface area contributed by atoms with Gasteiger partial charge in [-0.1, -0.05) is 23.7 Å². The molecular formula is C47H58ClN11O4S. The number of anilines is 2. The van der Waals surface area contributed by atoms with E-state index in [4.69, 9.17) is 26.8 Å². The van der Waals surface area contributed by atoms with Crippen LogP contribution in [0.2, 0.25) is 5.02 Å². The third-order valence-electron chi connectivity index (χ3n) is 13.3. The highest BCUT2D eigenvalue weighted by Gasteiger charge is 2.36. The Morgan fingerprint density at radius 3 is 2.38 bits per heavy atom. The summed E-state index contributed by atoms with van der Waals surface area (Å²) in [6, 6.07) is 17.4. The molecule has 15 nitrogen and oxygen atoms in total. The number of thiophene rings is 1. The molecule has 1 aliphatic carbocycles. The maximum absolute atomic E-state index is 13.0. The second kappa shape index (κ2) is 19.0. The number of amides is 2. The highest BCUT2D eigenvalue weighted by Crippen LogP contribution is 2.43. The summed E-state index contributed by atoms with van der Waals surface area (Å²) in [5, 5.41) is 28.9. The summed E-state index contributed by atoms with van der Waals surface area (Å²) in [5.41, 5.74) is 11.5. The number of aryl methyl sites for hydroxylation is 2. The van der Waals surface area contributed by atoms with Crippen LogP contribution in [-0.4, -0.2) is 99.2 Å². The Bertz CT molecular complexity index is 2440. The van der Waals surface area contributed by atoms with E-state index in [1.165, 1.54) is 27.3 Å². The fourth-order valence-electron chi connectivity index (χ4n) is 9.61. The monoisotopic (exact) mass is 907 g/mol. The summed E-state index contributed by atoms with van der Waals surface area (Å²) in [6.45, 7) is 13.7. The van der Waals surface area contributed by atoms with Crippen molar-refractivity contribution < 1.29 is 19.1 Å². The van der Waals surface area contributed by atoms with Gasteiger partial charge >= 0.3 is 0 Å². The lowest BCUT2D eigenvalue weighted by Crippen LogP contribution is -2.55. The van der Waals surface area contributed by atoms with E-state index >= 15 is 0 Å². The van der Waals surface area contributed by atoms with Crippen molar-refractivity contribution in [1.82, 2.24) is 45.8 Å². The first-order chi connectivity index (χ1) is 31.0. The molecule has 3 fully saturated rings. The van der Waals surface area contributed by atoms with Crippen molar-refractivity contribution in [3.05, 3.63) is 98.5 Å². The number of likely N-dealkylation sites (tertiary alicyclic amines) is 1. The van der Waals surface area contributed by atoms with Gasteiger partial charge in [0.2, 0.25) is 11.8 Å². The number of fused-ring (bicyclic) bond motifs is 3. The van der Waals surface area contributed by atoms with E-state index in [1.54, 1.807) is 35.6 Å². The summed E-state index contributed by atoms with van der Waals surface area (Å²) < 4.78 is 14.4. The van der Waals surface area contributed by atoms with Crippen LogP contribution >= 0.6 is 22.9 Å². The van der Waals surface area contributed by atoms with Crippen LogP contribution < -0.4 is 36.1 Å². The van der Waals surface area contributed by atoms with E-state index in [0.29, 0.717) is 34.8 Å². The topological polar surface area (TPSA) is 178 Å². The lowest BCUT2D eigenvalue weighted by atomic mass is 9.93. The van der Waals surface area contributed by atoms with Crippen molar-refractivity contribution in [2.45, 2.75) is 103 Å².